The minimum Gasteiger partial charge on any atom is -0.508 e. The third-order valence-corrected chi connectivity index (χ3v) is 2.85. The molecule has 2 nitrogen and oxygen atoms in total. The monoisotopic (exact) mass is 271 g/mol. The van der Waals surface area contributed by atoms with Crippen LogP contribution in [-0.4, -0.2) is 9.67 Å². The number of aromatic hydroxyl groups is 1. The maximum absolute atomic E-state index is 9.91. The molecule has 4 rings (SSSR count). The second-order valence-electron chi connectivity index (χ2n) is 3.98. The van der Waals surface area contributed by atoms with Crippen molar-refractivity contribution in [1.29, 1.82) is 0 Å². The quantitative estimate of drug-likeness (QED) is 0.542. The SMILES string of the molecule is [2H]c1c([2H])c(-n2c3c([2H])c([2H])c([2H])c([2H])c3c3c([2H])c([2H])c([2H])c([2H])c32)c([2H])c([2H])c1O. The largest absolute Gasteiger partial charge is 0.508 e. The molecule has 0 fully saturated rings. The summed E-state index contributed by atoms with van der Waals surface area (Å²) in [5.41, 5.74) is -1.18. The van der Waals surface area contributed by atoms with E-state index in [-0.39, 0.29) is 21.8 Å². The predicted molar refractivity (Wildman–Crippen MR) is 82.4 cm³/mol. The highest BCUT2D eigenvalue weighted by atomic mass is 16.3. The number of phenolic OH excluding ortho intramolecular Hbond substituents is 1. The van der Waals surface area contributed by atoms with Crippen molar-refractivity contribution in [3.63, 3.8) is 0 Å². The average Bonchev–Trinajstić information content (AvgIpc) is 3.12. The lowest BCUT2D eigenvalue weighted by atomic mass is 10.2. The Bertz CT molecular complexity index is 1400. The molecule has 0 saturated carbocycles. The fourth-order valence-electron chi connectivity index (χ4n) is 2.06. The maximum atomic E-state index is 9.91. The summed E-state index contributed by atoms with van der Waals surface area (Å²) in [5, 5.41) is 9.41. The van der Waals surface area contributed by atoms with Gasteiger partial charge in [0.05, 0.1) is 27.5 Å². The van der Waals surface area contributed by atoms with E-state index in [0.717, 1.165) is 4.57 Å². The number of rotatable bonds is 1. The summed E-state index contributed by atoms with van der Waals surface area (Å²) in [6.07, 6.45) is 0. The molecule has 0 atom stereocenters. The molecule has 20 heavy (non-hydrogen) atoms. The van der Waals surface area contributed by atoms with Gasteiger partial charge in [-0.3, -0.25) is 0 Å². The Morgan fingerprint density at radius 2 is 1.20 bits per heavy atom. The Labute approximate surface area is 133 Å². The van der Waals surface area contributed by atoms with Crippen LogP contribution in [0.1, 0.15) is 16.4 Å². The maximum Gasteiger partial charge on any atom is 0.115 e. The normalized spacial score (nSPS) is 19.6. The van der Waals surface area contributed by atoms with Crippen molar-refractivity contribution in [2.24, 2.45) is 0 Å². The molecule has 0 spiro atoms. The fraction of sp³-hybridized carbons (Fsp3) is 0. The molecule has 1 aromatic heterocycles. The summed E-state index contributed by atoms with van der Waals surface area (Å²) in [7, 11) is 0. The second kappa shape index (κ2) is 4.14. The molecule has 3 aromatic carbocycles. The highest BCUT2D eigenvalue weighted by Crippen LogP contribution is 2.31. The van der Waals surface area contributed by atoms with Crippen LogP contribution in [0.25, 0.3) is 27.5 Å². The van der Waals surface area contributed by atoms with Crippen LogP contribution in [0, 0.1) is 0 Å². The van der Waals surface area contributed by atoms with E-state index in [1.165, 1.54) is 0 Å². The van der Waals surface area contributed by atoms with E-state index in [4.69, 9.17) is 16.4 Å². The Hall–Kier alpha value is -2.74. The summed E-state index contributed by atoms with van der Waals surface area (Å²) >= 11 is 0. The molecule has 96 valence electrons. The molecule has 0 bridgehead atoms. The topological polar surface area (TPSA) is 25.2 Å². The van der Waals surface area contributed by atoms with Gasteiger partial charge in [-0.15, -0.1) is 0 Å². The van der Waals surface area contributed by atoms with Gasteiger partial charge in [0.2, 0.25) is 0 Å². The number of hydrogen-bond acceptors (Lipinski definition) is 1. The number of para-hydroxylation sites is 2. The summed E-state index contributed by atoms with van der Waals surface area (Å²) in [5.74, 6) is -0.923. The predicted octanol–water partition coefficient (Wildman–Crippen LogP) is 4.49. The lowest BCUT2D eigenvalue weighted by Crippen LogP contribution is -1.92. The van der Waals surface area contributed by atoms with Gasteiger partial charge in [-0.25, -0.2) is 0 Å². The Kier molecular flexibility index (Phi) is 0.907. The van der Waals surface area contributed by atoms with E-state index in [1.807, 2.05) is 0 Å². The van der Waals surface area contributed by atoms with Crippen LogP contribution in [0.2, 0.25) is 0 Å². The lowest BCUT2D eigenvalue weighted by molar-refractivity contribution is 0.475. The van der Waals surface area contributed by atoms with Crippen molar-refractivity contribution in [2.75, 3.05) is 0 Å². The smallest absolute Gasteiger partial charge is 0.115 e. The van der Waals surface area contributed by atoms with Crippen molar-refractivity contribution < 1.29 is 21.6 Å². The standard InChI is InChI=1S/C18H13NO/c20-14-11-9-13(10-12-14)19-17-7-3-1-5-15(17)16-6-2-4-8-18(16)19/h1-12,20H/i1D,2D,3D,4D,5D,6D,7D,8D,9D,10D,11D,12D. The van der Waals surface area contributed by atoms with Gasteiger partial charge >= 0.3 is 0 Å². The van der Waals surface area contributed by atoms with Gasteiger partial charge in [0, 0.05) is 16.5 Å². The van der Waals surface area contributed by atoms with E-state index >= 15 is 0 Å². The first-order chi connectivity index (χ1) is 14.8. The minimum absolute atomic E-state index is 0.247. The molecule has 0 radical (unpaired) electrons. The summed E-state index contributed by atoms with van der Waals surface area (Å²) < 4.78 is 98.8. The van der Waals surface area contributed by atoms with Crippen molar-refractivity contribution in [3.05, 3.63) is 72.5 Å². The summed E-state index contributed by atoms with van der Waals surface area (Å²) in [4.78, 5) is 0. The third kappa shape index (κ3) is 1.51. The van der Waals surface area contributed by atoms with Crippen LogP contribution >= 0.6 is 0 Å². The van der Waals surface area contributed by atoms with Gasteiger partial charge < -0.3 is 9.67 Å². The van der Waals surface area contributed by atoms with Crippen molar-refractivity contribution >= 4 is 21.8 Å². The van der Waals surface area contributed by atoms with Crippen molar-refractivity contribution in [3.8, 4) is 11.4 Å². The molecule has 0 saturated heterocycles. The van der Waals surface area contributed by atoms with Gasteiger partial charge in [-0.05, 0) is 36.3 Å². The Balaban J connectivity index is 2.50. The number of phenols is 1. The second-order valence-corrected chi connectivity index (χ2v) is 3.98. The van der Waals surface area contributed by atoms with Crippen molar-refractivity contribution in [2.45, 2.75) is 0 Å². The van der Waals surface area contributed by atoms with Crippen LogP contribution < -0.4 is 0 Å². The molecule has 1 N–H and O–H groups in total. The van der Waals surface area contributed by atoms with Gasteiger partial charge in [0.25, 0.3) is 0 Å². The molecule has 0 aliphatic rings. The van der Waals surface area contributed by atoms with Crippen LogP contribution in [0.15, 0.2) is 72.5 Å². The number of fused-ring (bicyclic) bond motifs is 3. The first-order valence-electron chi connectivity index (χ1n) is 11.6. The average molecular weight is 271 g/mol. The fourth-order valence-corrected chi connectivity index (χ4v) is 2.06. The number of benzene rings is 3. The van der Waals surface area contributed by atoms with E-state index in [2.05, 4.69) is 0 Å². The third-order valence-electron chi connectivity index (χ3n) is 2.85. The van der Waals surface area contributed by atoms with Gasteiger partial charge in [-0.2, -0.15) is 0 Å². The van der Waals surface area contributed by atoms with E-state index in [9.17, 15) is 5.11 Å². The van der Waals surface area contributed by atoms with Crippen LogP contribution in [0.3, 0.4) is 0 Å². The Morgan fingerprint density at radius 1 is 0.700 bits per heavy atom. The highest BCUT2D eigenvalue weighted by molar-refractivity contribution is 6.09. The van der Waals surface area contributed by atoms with E-state index in [0.29, 0.717) is 0 Å². The summed E-state index contributed by atoms with van der Waals surface area (Å²) in [6, 6.07) is -8.14. The molecule has 0 unspecified atom stereocenters. The zero-order valence-corrected chi connectivity index (χ0v) is 9.89. The first kappa shape index (κ1) is 4.38. The first-order valence-corrected chi connectivity index (χ1v) is 5.64. The van der Waals surface area contributed by atoms with Crippen molar-refractivity contribution in [1.82, 2.24) is 4.57 Å². The zero-order chi connectivity index (χ0) is 24.0. The van der Waals surface area contributed by atoms with Gasteiger partial charge in [0.15, 0.2) is 0 Å². The molecular weight excluding hydrogens is 246 g/mol. The molecule has 2 heteroatoms. The van der Waals surface area contributed by atoms with Crippen LogP contribution in [0.5, 0.6) is 5.75 Å². The van der Waals surface area contributed by atoms with Gasteiger partial charge in [-0.1, -0.05) is 36.3 Å². The molecule has 0 aliphatic carbocycles. The van der Waals surface area contributed by atoms with E-state index in [1.54, 1.807) is 0 Å². The van der Waals surface area contributed by atoms with Crippen LogP contribution in [-0.2, 0) is 0 Å². The number of hydrogen-bond donors (Lipinski definition) is 1. The molecule has 1 heterocycles. The number of nitrogens with zero attached hydrogens (tertiary/aromatic N) is 1. The lowest BCUT2D eigenvalue weighted by Gasteiger charge is -2.07. The molecular formula is C18H13NO. The van der Waals surface area contributed by atoms with Crippen LogP contribution in [0.4, 0.5) is 0 Å². The van der Waals surface area contributed by atoms with Gasteiger partial charge in [0.1, 0.15) is 5.75 Å². The highest BCUT2D eigenvalue weighted by Gasteiger charge is 2.10. The molecule has 4 aromatic rings. The summed E-state index contributed by atoms with van der Waals surface area (Å²) in [6.45, 7) is 0. The molecule has 0 aliphatic heterocycles. The Morgan fingerprint density at radius 3 is 1.75 bits per heavy atom. The zero-order valence-electron chi connectivity index (χ0n) is 21.9. The number of aromatic nitrogens is 1. The molecule has 0 amide bonds. The minimum atomic E-state index is -0.923. The van der Waals surface area contributed by atoms with E-state index < -0.39 is 83.9 Å².